The number of nitrogens with zero attached hydrogens (tertiary/aromatic N) is 3. The van der Waals surface area contributed by atoms with Gasteiger partial charge in [0.1, 0.15) is 11.6 Å². The van der Waals surface area contributed by atoms with Gasteiger partial charge in [-0.15, -0.1) is 0 Å². The summed E-state index contributed by atoms with van der Waals surface area (Å²) in [5, 5.41) is 4.87. The third-order valence-corrected chi connectivity index (χ3v) is 7.19. The maximum absolute atomic E-state index is 13.7. The van der Waals surface area contributed by atoms with Gasteiger partial charge in [0.25, 0.3) is 0 Å². The summed E-state index contributed by atoms with van der Waals surface area (Å²) in [6.07, 6.45) is 5.74. The predicted molar refractivity (Wildman–Crippen MR) is 136 cm³/mol. The molecule has 2 heterocycles. The van der Waals surface area contributed by atoms with E-state index >= 15 is 0 Å². The Morgan fingerprint density at radius 2 is 1.97 bits per heavy atom. The van der Waals surface area contributed by atoms with E-state index in [9.17, 15) is 9.18 Å². The fourth-order valence-corrected chi connectivity index (χ4v) is 4.94. The average Bonchev–Trinajstić information content (AvgIpc) is 3.46. The van der Waals surface area contributed by atoms with E-state index in [1.165, 1.54) is 12.1 Å². The summed E-state index contributed by atoms with van der Waals surface area (Å²) in [4.78, 5) is 15.5. The van der Waals surface area contributed by atoms with Crippen molar-refractivity contribution in [2.24, 2.45) is 5.92 Å². The highest BCUT2D eigenvalue weighted by atomic mass is 19.1. The van der Waals surface area contributed by atoms with Crippen LogP contribution in [0.2, 0.25) is 0 Å². The lowest BCUT2D eigenvalue weighted by Crippen LogP contribution is -2.42. The van der Waals surface area contributed by atoms with Crippen LogP contribution in [0.4, 0.5) is 4.39 Å². The highest BCUT2D eigenvalue weighted by Gasteiger charge is 2.33. The van der Waals surface area contributed by atoms with Crippen LogP contribution in [0.3, 0.4) is 0 Å². The maximum Gasteiger partial charge on any atom is 0.227 e. The van der Waals surface area contributed by atoms with Gasteiger partial charge in [-0.3, -0.25) is 4.79 Å². The molecule has 1 saturated heterocycles. The number of carbonyl (C=O) groups is 1. The van der Waals surface area contributed by atoms with Gasteiger partial charge in [0.2, 0.25) is 11.8 Å². The van der Waals surface area contributed by atoms with E-state index in [1.54, 1.807) is 16.8 Å². The first-order valence-electron chi connectivity index (χ1n) is 13.0. The van der Waals surface area contributed by atoms with Crippen molar-refractivity contribution in [2.75, 3.05) is 13.2 Å². The number of hydrogen-bond acceptors (Lipinski definition) is 4. The molecule has 0 N–H and O–H groups in total. The van der Waals surface area contributed by atoms with Gasteiger partial charge < -0.3 is 14.4 Å². The van der Waals surface area contributed by atoms with Crippen molar-refractivity contribution in [3.8, 4) is 17.3 Å². The number of benzene rings is 2. The lowest BCUT2D eigenvalue weighted by molar-refractivity contribution is -0.140. The Hall–Kier alpha value is -3.19. The molecule has 2 fully saturated rings. The molecule has 1 aliphatic heterocycles. The number of hydrogen-bond donors (Lipinski definition) is 0. The Morgan fingerprint density at radius 1 is 1.17 bits per heavy atom. The van der Waals surface area contributed by atoms with E-state index in [2.05, 4.69) is 6.92 Å². The first-order valence-corrected chi connectivity index (χ1v) is 13.0. The lowest BCUT2D eigenvalue weighted by Gasteiger charge is -2.33. The molecule has 6 nitrogen and oxygen atoms in total. The van der Waals surface area contributed by atoms with Gasteiger partial charge in [-0.25, -0.2) is 9.07 Å². The van der Waals surface area contributed by atoms with Crippen molar-refractivity contribution in [3.63, 3.8) is 0 Å². The Morgan fingerprint density at radius 3 is 2.61 bits per heavy atom. The highest BCUT2D eigenvalue weighted by Crippen LogP contribution is 2.35. The van der Waals surface area contributed by atoms with E-state index in [1.807, 2.05) is 36.1 Å². The molecule has 2 aliphatic rings. The van der Waals surface area contributed by atoms with Crippen LogP contribution in [0.5, 0.6) is 11.6 Å². The standard InChI is InChI=1S/C29H34FN3O3/c1-3-27-26(19-32(18-25-11-6-16-35-25)28(34)21-8-5-9-21)29(36-24-10-4-7-20(2)17-24)33(31-27)23-14-12-22(30)13-15-23/h4,7,10,12-15,17,21,25H,3,5-6,8-9,11,16,18-19H2,1-2H3/t25-/m1/s1. The minimum absolute atomic E-state index is 0.0624. The van der Waals surface area contributed by atoms with Crippen molar-refractivity contribution in [1.29, 1.82) is 0 Å². The monoisotopic (exact) mass is 491 g/mol. The second kappa shape index (κ2) is 10.8. The third-order valence-electron chi connectivity index (χ3n) is 7.19. The van der Waals surface area contributed by atoms with E-state index in [-0.39, 0.29) is 23.7 Å². The summed E-state index contributed by atoms with van der Waals surface area (Å²) in [6.45, 7) is 5.80. The van der Waals surface area contributed by atoms with Crippen LogP contribution in [-0.4, -0.2) is 39.8 Å². The first kappa shape index (κ1) is 24.5. The third kappa shape index (κ3) is 5.31. The van der Waals surface area contributed by atoms with Crippen molar-refractivity contribution >= 4 is 5.91 Å². The molecule has 1 amide bonds. The van der Waals surface area contributed by atoms with Gasteiger partial charge in [0.05, 0.1) is 29.6 Å². The zero-order valence-corrected chi connectivity index (χ0v) is 21.1. The number of amides is 1. The average molecular weight is 492 g/mol. The molecule has 5 rings (SSSR count). The summed E-state index contributed by atoms with van der Waals surface area (Å²) in [6, 6.07) is 14.1. The van der Waals surface area contributed by atoms with Crippen molar-refractivity contribution in [2.45, 2.75) is 65.0 Å². The molecule has 1 aromatic heterocycles. The second-order valence-corrected chi connectivity index (χ2v) is 9.87. The SMILES string of the molecule is CCc1nn(-c2ccc(F)cc2)c(Oc2cccc(C)c2)c1CN(C[C@H]1CCCO1)C(=O)C1CCC1. The molecule has 1 atom stereocenters. The molecule has 1 aliphatic carbocycles. The molecule has 0 bridgehead atoms. The fraction of sp³-hybridized carbons (Fsp3) is 0.448. The van der Waals surface area contributed by atoms with Crippen molar-refractivity contribution < 1.29 is 18.7 Å². The first-order chi connectivity index (χ1) is 17.5. The van der Waals surface area contributed by atoms with Crippen LogP contribution in [-0.2, 0) is 22.5 Å². The number of ether oxygens (including phenoxy) is 2. The molecular formula is C29H34FN3O3. The zero-order valence-electron chi connectivity index (χ0n) is 21.1. The van der Waals surface area contributed by atoms with E-state index in [0.717, 1.165) is 55.5 Å². The van der Waals surface area contributed by atoms with Gasteiger partial charge in [-0.1, -0.05) is 25.5 Å². The van der Waals surface area contributed by atoms with E-state index in [4.69, 9.17) is 14.6 Å². The number of aryl methyl sites for hydroxylation is 2. The minimum atomic E-state index is -0.308. The summed E-state index contributed by atoms with van der Waals surface area (Å²) < 4.78 is 27.8. The van der Waals surface area contributed by atoms with Gasteiger partial charge in [-0.05, 0) is 81.0 Å². The Labute approximate surface area is 212 Å². The van der Waals surface area contributed by atoms with Gasteiger partial charge >= 0.3 is 0 Å². The maximum atomic E-state index is 13.7. The molecule has 0 unspecified atom stereocenters. The summed E-state index contributed by atoms with van der Waals surface area (Å²) >= 11 is 0. The Kier molecular flexibility index (Phi) is 7.37. The topological polar surface area (TPSA) is 56.6 Å². The highest BCUT2D eigenvalue weighted by molar-refractivity contribution is 5.79. The number of carbonyl (C=O) groups excluding carboxylic acids is 1. The molecule has 2 aromatic carbocycles. The largest absolute Gasteiger partial charge is 0.439 e. The van der Waals surface area contributed by atoms with E-state index in [0.29, 0.717) is 36.8 Å². The quantitative estimate of drug-likeness (QED) is 0.369. The van der Waals surface area contributed by atoms with Gasteiger partial charge in [0, 0.05) is 19.1 Å². The molecule has 190 valence electrons. The summed E-state index contributed by atoms with van der Waals surface area (Å²) in [5.41, 5.74) is 3.53. The lowest BCUT2D eigenvalue weighted by atomic mass is 9.84. The fourth-order valence-electron chi connectivity index (χ4n) is 4.94. The molecule has 7 heteroatoms. The Bertz CT molecular complexity index is 1200. The molecule has 36 heavy (non-hydrogen) atoms. The van der Waals surface area contributed by atoms with Crippen LogP contribution >= 0.6 is 0 Å². The van der Waals surface area contributed by atoms with Crippen LogP contribution in [0.15, 0.2) is 48.5 Å². The zero-order chi connectivity index (χ0) is 25.1. The van der Waals surface area contributed by atoms with Gasteiger partial charge in [-0.2, -0.15) is 5.10 Å². The Balaban J connectivity index is 1.55. The number of halogens is 1. The van der Waals surface area contributed by atoms with Gasteiger partial charge in [0.15, 0.2) is 0 Å². The molecule has 3 aromatic rings. The molecule has 0 spiro atoms. The van der Waals surface area contributed by atoms with Crippen LogP contribution in [0, 0.1) is 18.7 Å². The summed E-state index contributed by atoms with van der Waals surface area (Å²) in [5.74, 6) is 1.22. The number of aromatic nitrogens is 2. The molecule has 1 saturated carbocycles. The van der Waals surface area contributed by atoms with Crippen LogP contribution < -0.4 is 4.74 Å². The van der Waals surface area contributed by atoms with E-state index < -0.39 is 0 Å². The normalized spacial score (nSPS) is 17.7. The van der Waals surface area contributed by atoms with Crippen LogP contribution in [0.1, 0.15) is 55.8 Å². The van der Waals surface area contributed by atoms with Crippen molar-refractivity contribution in [1.82, 2.24) is 14.7 Å². The molecule has 0 radical (unpaired) electrons. The predicted octanol–water partition coefficient (Wildman–Crippen LogP) is 5.98. The number of rotatable bonds is 9. The minimum Gasteiger partial charge on any atom is -0.439 e. The smallest absolute Gasteiger partial charge is 0.227 e. The summed E-state index contributed by atoms with van der Waals surface area (Å²) in [7, 11) is 0. The van der Waals surface area contributed by atoms with Crippen molar-refractivity contribution in [3.05, 3.63) is 71.2 Å². The second-order valence-electron chi connectivity index (χ2n) is 9.87. The molecular weight excluding hydrogens is 457 g/mol. The van der Waals surface area contributed by atoms with Crippen LogP contribution in [0.25, 0.3) is 5.69 Å².